The van der Waals surface area contributed by atoms with Gasteiger partial charge in [0.15, 0.2) is 6.16 Å². The molecule has 1 fully saturated rings. The molecule has 0 aromatic heterocycles. The summed E-state index contributed by atoms with van der Waals surface area (Å²) >= 11 is 0. The van der Waals surface area contributed by atoms with Gasteiger partial charge in [-0.25, -0.2) is 9.59 Å². The first kappa shape index (κ1) is 32.4. The summed E-state index contributed by atoms with van der Waals surface area (Å²) < 4.78 is 23.2. The molecule has 3 rings (SSSR count). The van der Waals surface area contributed by atoms with Crippen molar-refractivity contribution in [1.82, 2.24) is 5.32 Å². The average Bonchev–Trinajstić information content (AvgIpc) is 3.38. The highest BCUT2D eigenvalue weighted by molar-refractivity contribution is 7.39. The lowest BCUT2D eigenvalue weighted by atomic mass is 10.1. The first-order valence-electron chi connectivity index (χ1n) is 14.6. The molecule has 2 aromatic rings. The highest BCUT2D eigenvalue weighted by atomic mass is 31.1. The molecule has 0 radical (unpaired) electrons. The van der Waals surface area contributed by atoms with Crippen LogP contribution >= 0.6 is 8.03 Å². The quantitative estimate of drug-likeness (QED) is 0.126. The summed E-state index contributed by atoms with van der Waals surface area (Å²) in [5, 5.41) is 12.7. The molecule has 2 unspecified atom stereocenters. The maximum atomic E-state index is 13.6. The van der Waals surface area contributed by atoms with E-state index in [-0.39, 0.29) is 25.6 Å². The zero-order chi connectivity index (χ0) is 29.5. The summed E-state index contributed by atoms with van der Waals surface area (Å²) in [7, 11) is -2.12. The van der Waals surface area contributed by atoms with Crippen LogP contribution in [0.1, 0.15) is 69.4 Å². The van der Waals surface area contributed by atoms with Crippen LogP contribution in [0.15, 0.2) is 60.7 Å². The number of ether oxygens (including phenoxy) is 1. The van der Waals surface area contributed by atoms with Gasteiger partial charge >= 0.3 is 26.1 Å². The smallest absolute Gasteiger partial charge is 0.445 e. The molecule has 1 heterocycles. The molecular formula is C31H43N2O7P+2. The number of hydrogen-bond acceptors (Lipinski definition) is 6. The molecule has 1 aliphatic heterocycles. The number of alkyl carbamates (subject to hydrolysis) is 1. The van der Waals surface area contributed by atoms with Gasteiger partial charge in [0.05, 0.1) is 6.54 Å². The monoisotopic (exact) mass is 586 g/mol. The number of benzene rings is 2. The number of quaternary nitrogens is 1. The molecule has 4 atom stereocenters. The minimum Gasteiger partial charge on any atom is -0.445 e. The number of carboxylic acid groups (broad SMARTS) is 1. The highest BCUT2D eigenvalue weighted by Crippen LogP contribution is 2.34. The first-order valence-corrected chi connectivity index (χ1v) is 15.9. The summed E-state index contributed by atoms with van der Waals surface area (Å²) in [6, 6.07) is 19.2. The van der Waals surface area contributed by atoms with Crippen LogP contribution in [0, 0.1) is 0 Å². The van der Waals surface area contributed by atoms with E-state index in [2.05, 4.69) is 17.4 Å². The van der Waals surface area contributed by atoms with Crippen molar-refractivity contribution in [2.45, 2.75) is 83.5 Å². The lowest BCUT2D eigenvalue weighted by molar-refractivity contribution is -0.794. The molecule has 2 N–H and O–H groups in total. The summed E-state index contributed by atoms with van der Waals surface area (Å²) in [6.07, 6.45) is 3.55. The van der Waals surface area contributed by atoms with E-state index in [4.69, 9.17) is 9.26 Å². The zero-order valence-corrected chi connectivity index (χ0v) is 24.8. The van der Waals surface area contributed by atoms with Crippen LogP contribution in [0.3, 0.4) is 0 Å². The number of hydrogen-bond donors (Lipinski definition) is 2. The van der Waals surface area contributed by atoms with Crippen molar-refractivity contribution in [3.63, 3.8) is 0 Å². The topological polar surface area (TPSA) is 119 Å². The number of unbranched alkanes of at least 4 members (excludes halogenated alkanes) is 3. The van der Waals surface area contributed by atoms with E-state index in [0.717, 1.165) is 24.8 Å². The minimum atomic E-state index is -2.12. The van der Waals surface area contributed by atoms with Crippen LogP contribution < -0.4 is 5.32 Å². The van der Waals surface area contributed by atoms with Gasteiger partial charge < -0.3 is 15.2 Å². The van der Waals surface area contributed by atoms with Crippen molar-refractivity contribution < 1.29 is 37.8 Å². The van der Waals surface area contributed by atoms with E-state index < -0.39 is 36.7 Å². The Bertz CT molecular complexity index is 1130. The zero-order valence-electron chi connectivity index (χ0n) is 23.9. The number of nitrogens with zero attached hydrogens (tertiary/aromatic N) is 1. The van der Waals surface area contributed by atoms with Gasteiger partial charge in [0.25, 0.3) is 0 Å². The SMILES string of the molecule is C[C@@H]1CCC[N+]1(C(=O)O)C(=O)[C@H](CCCCNC(=O)OCc1ccccc1)O[P+](=O)CCCCCc1ccccc1. The molecule has 1 saturated heterocycles. The standard InChI is InChI=1S/C31H41N2O7P/c1-25-14-13-22-33(25,31(36)37)29(34)28(40-41(38)23-12-4-9-17-26-15-5-2-6-16-26)20-10-11-21-32-30(35)39-24-27-18-7-3-8-19-27/h2-3,5-8,15-16,18-19,25,28H,4,9-14,17,20-24H2,1H3/p+2/t25-,28+,33?/m1/s1. The van der Waals surface area contributed by atoms with Gasteiger partial charge in [0.2, 0.25) is 6.10 Å². The minimum absolute atomic E-state index is 0.170. The van der Waals surface area contributed by atoms with Crippen LogP contribution in [0.5, 0.6) is 0 Å². The Balaban J connectivity index is 1.47. The molecule has 1 aliphatic rings. The molecule has 0 saturated carbocycles. The molecule has 9 nitrogen and oxygen atoms in total. The number of amides is 3. The van der Waals surface area contributed by atoms with Crippen molar-refractivity contribution in [1.29, 1.82) is 0 Å². The van der Waals surface area contributed by atoms with E-state index in [1.165, 1.54) is 5.56 Å². The molecule has 222 valence electrons. The van der Waals surface area contributed by atoms with Crippen LogP contribution in [0.25, 0.3) is 0 Å². The number of imide groups is 1. The molecule has 41 heavy (non-hydrogen) atoms. The van der Waals surface area contributed by atoms with E-state index in [1.54, 1.807) is 6.92 Å². The molecule has 3 amide bonds. The highest BCUT2D eigenvalue weighted by Gasteiger charge is 2.56. The number of likely N-dealkylation sites (tertiary alicyclic amines) is 1. The van der Waals surface area contributed by atoms with Crippen LogP contribution in [-0.2, 0) is 31.6 Å². The second kappa shape index (κ2) is 17.0. The number of carbonyl (C=O) groups is 3. The van der Waals surface area contributed by atoms with Crippen LogP contribution in [0.4, 0.5) is 9.59 Å². The molecule has 2 aromatic carbocycles. The largest absolute Gasteiger partial charge is 0.521 e. The number of rotatable bonds is 16. The van der Waals surface area contributed by atoms with Crippen molar-refractivity contribution in [2.75, 3.05) is 19.3 Å². The third-order valence-electron chi connectivity index (χ3n) is 7.66. The van der Waals surface area contributed by atoms with Crippen LogP contribution in [-0.4, -0.2) is 59.1 Å². The van der Waals surface area contributed by atoms with Crippen LogP contribution in [0.2, 0.25) is 0 Å². The van der Waals surface area contributed by atoms with Gasteiger partial charge in [-0.15, -0.1) is 4.52 Å². The van der Waals surface area contributed by atoms with Crippen molar-refractivity contribution in [3.8, 4) is 0 Å². The fourth-order valence-corrected chi connectivity index (χ4v) is 6.33. The van der Waals surface area contributed by atoms with E-state index in [0.29, 0.717) is 44.8 Å². The van der Waals surface area contributed by atoms with Gasteiger partial charge in [-0.3, -0.25) is 0 Å². The van der Waals surface area contributed by atoms with Gasteiger partial charge in [0, 0.05) is 19.4 Å². The van der Waals surface area contributed by atoms with Gasteiger partial charge in [-0.1, -0.05) is 60.7 Å². The van der Waals surface area contributed by atoms with Gasteiger partial charge in [-0.2, -0.15) is 9.28 Å². The van der Waals surface area contributed by atoms with E-state index in [1.807, 2.05) is 48.5 Å². The molecule has 0 bridgehead atoms. The fraction of sp³-hybridized carbons (Fsp3) is 0.516. The van der Waals surface area contributed by atoms with E-state index >= 15 is 0 Å². The average molecular weight is 587 g/mol. The van der Waals surface area contributed by atoms with Crippen molar-refractivity contribution in [2.24, 2.45) is 0 Å². The Morgan fingerprint density at radius 3 is 2.29 bits per heavy atom. The van der Waals surface area contributed by atoms with E-state index in [9.17, 15) is 24.1 Å². The molecule has 10 heteroatoms. The Kier molecular flexibility index (Phi) is 13.4. The van der Waals surface area contributed by atoms with Crippen molar-refractivity contribution in [3.05, 3.63) is 71.8 Å². The normalized spacial score (nSPS) is 19.3. The second-order valence-electron chi connectivity index (χ2n) is 10.6. The summed E-state index contributed by atoms with van der Waals surface area (Å²) in [5.74, 6) is -0.537. The number of aryl methyl sites for hydroxylation is 1. The maximum absolute atomic E-state index is 13.6. The predicted molar refractivity (Wildman–Crippen MR) is 157 cm³/mol. The lowest BCUT2D eigenvalue weighted by Gasteiger charge is -2.31. The lowest BCUT2D eigenvalue weighted by Crippen LogP contribution is -2.61. The second-order valence-corrected chi connectivity index (χ2v) is 12.0. The number of carbonyl (C=O) groups excluding carboxylic acids is 2. The Morgan fingerprint density at radius 2 is 1.66 bits per heavy atom. The predicted octanol–water partition coefficient (Wildman–Crippen LogP) is 6.83. The third kappa shape index (κ3) is 10.0. The molecule has 0 spiro atoms. The summed E-state index contributed by atoms with van der Waals surface area (Å²) in [5.41, 5.74) is 2.15. The van der Waals surface area contributed by atoms with Gasteiger partial charge in [-0.05, 0) is 67.6 Å². The number of nitrogens with one attached hydrogen (secondary N) is 1. The maximum Gasteiger partial charge on any atom is 0.521 e. The fourth-order valence-electron chi connectivity index (χ4n) is 5.27. The molecular weight excluding hydrogens is 543 g/mol. The third-order valence-corrected chi connectivity index (χ3v) is 8.84. The Morgan fingerprint density at radius 1 is 0.976 bits per heavy atom. The summed E-state index contributed by atoms with van der Waals surface area (Å²) in [6.45, 7) is 2.48. The Labute approximate surface area is 243 Å². The molecule has 0 aliphatic carbocycles. The Hall–Kier alpha value is -3.13. The first-order chi connectivity index (χ1) is 19.8. The van der Waals surface area contributed by atoms with Crippen molar-refractivity contribution >= 4 is 26.1 Å². The van der Waals surface area contributed by atoms with Gasteiger partial charge in [0.1, 0.15) is 12.6 Å². The summed E-state index contributed by atoms with van der Waals surface area (Å²) in [4.78, 5) is 37.9.